The molecule has 0 heterocycles. The molecule has 28 heavy (non-hydrogen) atoms. The fourth-order valence-electron chi connectivity index (χ4n) is 3.07. The van der Waals surface area contributed by atoms with E-state index in [0.717, 1.165) is 22.4 Å². The number of amides is 2. The Kier molecular flexibility index (Phi) is 7.58. The van der Waals surface area contributed by atoms with Crippen molar-refractivity contribution in [2.45, 2.75) is 19.9 Å². The molecule has 0 fully saturated rings. The molecule has 2 aromatic rings. The van der Waals surface area contributed by atoms with Crippen LogP contribution in [0.25, 0.3) is 0 Å². The van der Waals surface area contributed by atoms with Gasteiger partial charge in [-0.15, -0.1) is 0 Å². The quantitative estimate of drug-likeness (QED) is 0.735. The van der Waals surface area contributed by atoms with E-state index in [1.54, 1.807) is 7.11 Å². The molecule has 0 saturated heterocycles. The molecule has 1 unspecified atom stereocenters. The minimum atomic E-state index is -0.249. The Morgan fingerprint density at radius 3 is 2.14 bits per heavy atom. The zero-order chi connectivity index (χ0) is 20.7. The Morgan fingerprint density at radius 2 is 1.61 bits per heavy atom. The molecule has 150 valence electrons. The Hall–Kier alpha value is -2.86. The zero-order valence-corrected chi connectivity index (χ0v) is 17.2. The molecular formula is C22H29N3O3. The normalized spacial score (nSPS) is 11.8. The number of nitrogens with zero attached hydrogens (tertiary/aromatic N) is 1. The maximum atomic E-state index is 12.3. The maximum absolute atomic E-state index is 12.3. The van der Waals surface area contributed by atoms with Crippen LogP contribution in [0.4, 0.5) is 0 Å². The standard InChI is InChI=1S/C22H29N3O3/c1-15-10-16(2)12-18(11-15)22(27)24-14-21(26)23-13-20(25(3)4)17-6-8-19(28-5)9-7-17/h6-12,20H,13-14H2,1-5H3,(H,23,26)(H,24,27). The highest BCUT2D eigenvalue weighted by molar-refractivity contribution is 5.96. The van der Waals surface area contributed by atoms with Gasteiger partial charge in [-0.05, 0) is 57.8 Å². The van der Waals surface area contributed by atoms with Gasteiger partial charge in [-0.1, -0.05) is 29.3 Å². The van der Waals surface area contributed by atoms with Crippen molar-refractivity contribution in [2.75, 3.05) is 34.3 Å². The van der Waals surface area contributed by atoms with Crippen molar-refractivity contribution in [3.05, 3.63) is 64.7 Å². The molecule has 0 aromatic heterocycles. The molecule has 6 heteroatoms. The minimum Gasteiger partial charge on any atom is -0.497 e. The molecule has 0 radical (unpaired) electrons. The summed E-state index contributed by atoms with van der Waals surface area (Å²) in [6.07, 6.45) is 0. The summed E-state index contributed by atoms with van der Waals surface area (Å²) in [5, 5.41) is 5.57. The summed E-state index contributed by atoms with van der Waals surface area (Å²) in [5.41, 5.74) is 3.67. The highest BCUT2D eigenvalue weighted by atomic mass is 16.5. The smallest absolute Gasteiger partial charge is 0.251 e. The summed E-state index contributed by atoms with van der Waals surface area (Å²) in [4.78, 5) is 26.5. The molecule has 2 N–H and O–H groups in total. The van der Waals surface area contributed by atoms with E-state index >= 15 is 0 Å². The van der Waals surface area contributed by atoms with E-state index in [-0.39, 0.29) is 24.4 Å². The van der Waals surface area contributed by atoms with E-state index in [2.05, 4.69) is 10.6 Å². The summed E-state index contributed by atoms with van der Waals surface area (Å²) in [6.45, 7) is 4.26. The van der Waals surface area contributed by atoms with Gasteiger partial charge >= 0.3 is 0 Å². The molecule has 0 aliphatic carbocycles. The van der Waals surface area contributed by atoms with Gasteiger partial charge in [0.25, 0.3) is 5.91 Å². The van der Waals surface area contributed by atoms with Crippen LogP contribution in [0, 0.1) is 13.8 Å². The van der Waals surface area contributed by atoms with Crippen LogP contribution < -0.4 is 15.4 Å². The fourth-order valence-corrected chi connectivity index (χ4v) is 3.07. The van der Waals surface area contributed by atoms with E-state index in [1.807, 2.05) is 75.3 Å². The average Bonchev–Trinajstić information content (AvgIpc) is 2.65. The Morgan fingerprint density at radius 1 is 1.00 bits per heavy atom. The third-order valence-corrected chi connectivity index (χ3v) is 4.51. The van der Waals surface area contributed by atoms with Crippen LogP contribution in [0.3, 0.4) is 0 Å². The lowest BCUT2D eigenvalue weighted by atomic mass is 10.1. The first-order valence-electron chi connectivity index (χ1n) is 9.23. The highest BCUT2D eigenvalue weighted by Gasteiger charge is 2.16. The first-order valence-corrected chi connectivity index (χ1v) is 9.23. The first-order chi connectivity index (χ1) is 13.3. The Labute approximate surface area is 166 Å². The van der Waals surface area contributed by atoms with Crippen molar-refractivity contribution in [1.82, 2.24) is 15.5 Å². The van der Waals surface area contributed by atoms with Crippen LogP contribution in [0.15, 0.2) is 42.5 Å². The van der Waals surface area contributed by atoms with Gasteiger partial charge in [-0.25, -0.2) is 0 Å². The Balaban J connectivity index is 1.89. The van der Waals surface area contributed by atoms with E-state index in [0.29, 0.717) is 12.1 Å². The number of carbonyl (C=O) groups is 2. The number of methoxy groups -OCH3 is 1. The zero-order valence-electron chi connectivity index (χ0n) is 17.2. The van der Waals surface area contributed by atoms with Gasteiger partial charge < -0.3 is 20.3 Å². The number of hydrogen-bond donors (Lipinski definition) is 2. The average molecular weight is 383 g/mol. The number of aryl methyl sites for hydroxylation is 2. The minimum absolute atomic E-state index is 0.0185. The molecule has 0 aliphatic heterocycles. The van der Waals surface area contributed by atoms with Crippen LogP contribution in [-0.2, 0) is 4.79 Å². The van der Waals surface area contributed by atoms with E-state index in [4.69, 9.17) is 4.74 Å². The van der Waals surface area contributed by atoms with Crippen molar-refractivity contribution in [2.24, 2.45) is 0 Å². The van der Waals surface area contributed by atoms with Gasteiger partial charge in [0.05, 0.1) is 19.7 Å². The second-order valence-electron chi connectivity index (χ2n) is 7.12. The van der Waals surface area contributed by atoms with Gasteiger partial charge in [0.15, 0.2) is 0 Å². The number of benzene rings is 2. The lowest BCUT2D eigenvalue weighted by Gasteiger charge is -2.25. The van der Waals surface area contributed by atoms with Crippen molar-refractivity contribution in [3.8, 4) is 5.75 Å². The van der Waals surface area contributed by atoms with Crippen molar-refractivity contribution in [3.63, 3.8) is 0 Å². The molecule has 0 spiro atoms. The van der Waals surface area contributed by atoms with Crippen molar-refractivity contribution >= 4 is 11.8 Å². The number of carbonyl (C=O) groups excluding carboxylic acids is 2. The van der Waals surface area contributed by atoms with Crippen LogP contribution in [0.2, 0.25) is 0 Å². The van der Waals surface area contributed by atoms with E-state index in [1.165, 1.54) is 0 Å². The predicted molar refractivity (Wildman–Crippen MR) is 111 cm³/mol. The Bertz CT molecular complexity index is 796. The summed E-state index contributed by atoms with van der Waals surface area (Å²) in [5.74, 6) is 0.318. The van der Waals surface area contributed by atoms with Crippen LogP contribution in [0.5, 0.6) is 5.75 Å². The molecular weight excluding hydrogens is 354 g/mol. The van der Waals surface area contributed by atoms with Crippen LogP contribution in [0.1, 0.15) is 33.1 Å². The number of hydrogen-bond acceptors (Lipinski definition) is 4. The number of nitrogens with one attached hydrogen (secondary N) is 2. The largest absolute Gasteiger partial charge is 0.497 e. The van der Waals surface area contributed by atoms with Crippen LogP contribution >= 0.6 is 0 Å². The van der Waals surface area contributed by atoms with Gasteiger partial charge in [0.1, 0.15) is 5.75 Å². The van der Waals surface area contributed by atoms with Gasteiger partial charge in [0, 0.05) is 12.1 Å². The number of likely N-dealkylation sites (N-methyl/N-ethyl adjacent to an activating group) is 1. The molecule has 2 amide bonds. The third-order valence-electron chi connectivity index (χ3n) is 4.51. The molecule has 0 saturated carbocycles. The topological polar surface area (TPSA) is 70.7 Å². The molecule has 0 aliphatic rings. The SMILES string of the molecule is COc1ccc(C(CNC(=O)CNC(=O)c2cc(C)cc(C)c2)N(C)C)cc1. The number of rotatable bonds is 8. The number of ether oxygens (including phenoxy) is 1. The predicted octanol–water partition coefficient (Wildman–Crippen LogP) is 2.46. The molecule has 2 rings (SSSR count). The lowest BCUT2D eigenvalue weighted by Crippen LogP contribution is -2.40. The molecule has 6 nitrogen and oxygen atoms in total. The van der Waals surface area contributed by atoms with Gasteiger partial charge in [-0.2, -0.15) is 0 Å². The summed E-state index contributed by atoms with van der Waals surface area (Å²) in [7, 11) is 5.55. The second-order valence-corrected chi connectivity index (χ2v) is 7.12. The van der Waals surface area contributed by atoms with E-state index in [9.17, 15) is 9.59 Å². The molecule has 1 atom stereocenters. The summed E-state index contributed by atoms with van der Waals surface area (Å²) in [6, 6.07) is 13.4. The summed E-state index contributed by atoms with van der Waals surface area (Å²) >= 11 is 0. The highest BCUT2D eigenvalue weighted by Crippen LogP contribution is 2.20. The monoisotopic (exact) mass is 383 g/mol. The van der Waals surface area contributed by atoms with Crippen molar-refractivity contribution in [1.29, 1.82) is 0 Å². The lowest BCUT2D eigenvalue weighted by molar-refractivity contribution is -0.120. The van der Waals surface area contributed by atoms with E-state index < -0.39 is 0 Å². The maximum Gasteiger partial charge on any atom is 0.251 e. The summed E-state index contributed by atoms with van der Waals surface area (Å²) < 4.78 is 5.19. The third kappa shape index (κ3) is 6.09. The molecule has 2 aromatic carbocycles. The molecule has 0 bridgehead atoms. The second kappa shape index (κ2) is 9.90. The van der Waals surface area contributed by atoms with Gasteiger partial charge in [0.2, 0.25) is 5.91 Å². The first kappa shape index (κ1) is 21.4. The van der Waals surface area contributed by atoms with Gasteiger partial charge in [-0.3, -0.25) is 9.59 Å². The van der Waals surface area contributed by atoms with Crippen molar-refractivity contribution < 1.29 is 14.3 Å². The fraction of sp³-hybridized carbons (Fsp3) is 0.364. The van der Waals surface area contributed by atoms with Crippen LogP contribution in [-0.4, -0.2) is 51.0 Å².